The van der Waals surface area contributed by atoms with Crippen molar-refractivity contribution < 1.29 is 0 Å². The molecule has 0 saturated heterocycles. The number of hydrogen-bond donors (Lipinski definition) is 1. The summed E-state index contributed by atoms with van der Waals surface area (Å²) in [7, 11) is 0. The first-order chi connectivity index (χ1) is 7.79. The number of alkyl halides is 1. The molecule has 0 bridgehead atoms. The van der Waals surface area contributed by atoms with Gasteiger partial charge in [0, 0.05) is 23.6 Å². The van der Waals surface area contributed by atoms with Gasteiger partial charge in [-0.15, -0.1) is 0 Å². The summed E-state index contributed by atoms with van der Waals surface area (Å²) in [6.07, 6.45) is 5.91. The van der Waals surface area contributed by atoms with Gasteiger partial charge in [-0.2, -0.15) is 5.10 Å². The molecule has 0 aliphatic carbocycles. The molecular weight excluding hydrogens is 268 g/mol. The Hall–Kier alpha value is -1.10. The quantitative estimate of drug-likeness (QED) is 0.858. The average Bonchev–Trinajstić information content (AvgIpc) is 2.76. The molecular formula is C11H15BrN4. The molecule has 0 spiro atoms. The molecule has 2 aromatic rings. The van der Waals surface area contributed by atoms with E-state index in [9.17, 15) is 0 Å². The van der Waals surface area contributed by atoms with Crippen LogP contribution in [0.2, 0.25) is 0 Å². The van der Waals surface area contributed by atoms with Crippen molar-refractivity contribution in [3.63, 3.8) is 0 Å². The zero-order valence-electron chi connectivity index (χ0n) is 9.23. The SMILES string of the molecule is CCC(Br)CCNc1ccn2nccc2n1. The lowest BCUT2D eigenvalue weighted by Crippen LogP contribution is -2.09. The van der Waals surface area contributed by atoms with Gasteiger partial charge in [0.2, 0.25) is 0 Å². The summed E-state index contributed by atoms with van der Waals surface area (Å²) >= 11 is 3.61. The summed E-state index contributed by atoms with van der Waals surface area (Å²) in [5.41, 5.74) is 0.871. The van der Waals surface area contributed by atoms with Crippen LogP contribution < -0.4 is 5.32 Å². The van der Waals surface area contributed by atoms with Crippen LogP contribution in [0.1, 0.15) is 19.8 Å². The van der Waals surface area contributed by atoms with Crippen LogP contribution >= 0.6 is 15.9 Å². The number of nitrogens with zero attached hydrogens (tertiary/aromatic N) is 3. The molecule has 1 unspecified atom stereocenters. The molecule has 1 atom stereocenters. The Morgan fingerprint density at radius 2 is 2.38 bits per heavy atom. The average molecular weight is 283 g/mol. The monoisotopic (exact) mass is 282 g/mol. The topological polar surface area (TPSA) is 42.2 Å². The highest BCUT2D eigenvalue weighted by molar-refractivity contribution is 9.09. The van der Waals surface area contributed by atoms with Crippen LogP contribution in [0.25, 0.3) is 5.65 Å². The lowest BCUT2D eigenvalue weighted by molar-refractivity contribution is 0.772. The summed E-state index contributed by atoms with van der Waals surface area (Å²) in [6.45, 7) is 3.11. The molecule has 0 aromatic carbocycles. The molecule has 2 aromatic heterocycles. The number of halogens is 1. The lowest BCUT2D eigenvalue weighted by Gasteiger charge is -2.08. The highest BCUT2D eigenvalue weighted by Crippen LogP contribution is 2.10. The van der Waals surface area contributed by atoms with Crippen molar-refractivity contribution in [2.45, 2.75) is 24.6 Å². The summed E-state index contributed by atoms with van der Waals surface area (Å²) in [4.78, 5) is 5.01. The van der Waals surface area contributed by atoms with Gasteiger partial charge in [-0.05, 0) is 18.9 Å². The van der Waals surface area contributed by atoms with E-state index >= 15 is 0 Å². The molecule has 16 heavy (non-hydrogen) atoms. The fourth-order valence-corrected chi connectivity index (χ4v) is 1.70. The number of hydrogen-bond acceptors (Lipinski definition) is 3. The van der Waals surface area contributed by atoms with Crippen LogP contribution in [0.4, 0.5) is 5.82 Å². The fraction of sp³-hybridized carbons (Fsp3) is 0.455. The first-order valence-electron chi connectivity index (χ1n) is 5.48. The molecule has 0 aliphatic heterocycles. The molecule has 5 heteroatoms. The van der Waals surface area contributed by atoms with Crippen molar-refractivity contribution in [3.8, 4) is 0 Å². The Kier molecular flexibility index (Phi) is 3.77. The van der Waals surface area contributed by atoms with E-state index in [-0.39, 0.29) is 0 Å². The van der Waals surface area contributed by atoms with Crippen LogP contribution in [-0.2, 0) is 0 Å². The van der Waals surface area contributed by atoms with Gasteiger partial charge in [0.05, 0.1) is 6.20 Å². The van der Waals surface area contributed by atoms with E-state index in [0.717, 1.165) is 30.9 Å². The van der Waals surface area contributed by atoms with Gasteiger partial charge in [-0.25, -0.2) is 9.50 Å². The molecule has 0 aliphatic rings. The zero-order valence-corrected chi connectivity index (χ0v) is 10.8. The largest absolute Gasteiger partial charge is 0.370 e. The number of nitrogens with one attached hydrogen (secondary N) is 1. The van der Waals surface area contributed by atoms with Crippen molar-refractivity contribution in [2.24, 2.45) is 0 Å². The third kappa shape index (κ3) is 2.72. The number of rotatable bonds is 5. The van der Waals surface area contributed by atoms with E-state index in [1.807, 2.05) is 18.3 Å². The summed E-state index contributed by atoms with van der Waals surface area (Å²) < 4.78 is 1.75. The second-order valence-electron chi connectivity index (χ2n) is 3.67. The highest BCUT2D eigenvalue weighted by atomic mass is 79.9. The molecule has 0 radical (unpaired) electrons. The van der Waals surface area contributed by atoms with Crippen LogP contribution in [0, 0.1) is 0 Å². The van der Waals surface area contributed by atoms with Gasteiger partial charge in [-0.1, -0.05) is 22.9 Å². The van der Waals surface area contributed by atoms with Gasteiger partial charge >= 0.3 is 0 Å². The minimum atomic E-state index is 0.582. The highest BCUT2D eigenvalue weighted by Gasteiger charge is 2.01. The van der Waals surface area contributed by atoms with Crippen LogP contribution in [-0.4, -0.2) is 26.0 Å². The maximum atomic E-state index is 4.43. The Morgan fingerprint density at radius 1 is 1.50 bits per heavy atom. The van der Waals surface area contributed by atoms with E-state index in [1.165, 1.54) is 0 Å². The first-order valence-corrected chi connectivity index (χ1v) is 6.39. The standard InChI is InChI=1S/C11H15BrN4/c1-2-9(12)3-6-13-10-5-8-16-11(15-10)4-7-14-16/h4-5,7-9H,2-3,6H2,1H3,(H,13,15). The van der Waals surface area contributed by atoms with Crippen LogP contribution in [0.15, 0.2) is 24.5 Å². The third-order valence-corrected chi connectivity index (χ3v) is 3.57. The summed E-state index contributed by atoms with van der Waals surface area (Å²) in [5.74, 6) is 0.906. The maximum absolute atomic E-state index is 4.43. The van der Waals surface area contributed by atoms with Crippen LogP contribution in [0.5, 0.6) is 0 Å². The Morgan fingerprint density at radius 3 is 3.19 bits per heavy atom. The molecule has 0 fully saturated rings. The number of anilines is 1. The first kappa shape index (κ1) is 11.4. The van der Waals surface area contributed by atoms with Crippen molar-refractivity contribution in [1.29, 1.82) is 0 Å². The molecule has 2 heterocycles. The predicted octanol–water partition coefficient (Wildman–Crippen LogP) is 2.70. The van der Waals surface area contributed by atoms with E-state index in [1.54, 1.807) is 10.7 Å². The minimum Gasteiger partial charge on any atom is -0.370 e. The van der Waals surface area contributed by atoms with Gasteiger partial charge in [0.25, 0.3) is 0 Å². The van der Waals surface area contributed by atoms with Gasteiger partial charge in [0.15, 0.2) is 5.65 Å². The third-order valence-electron chi connectivity index (χ3n) is 2.46. The smallest absolute Gasteiger partial charge is 0.157 e. The summed E-state index contributed by atoms with van der Waals surface area (Å²) in [6, 6.07) is 3.83. The Balaban J connectivity index is 1.93. The molecule has 1 N–H and O–H groups in total. The van der Waals surface area contributed by atoms with Crippen molar-refractivity contribution in [1.82, 2.24) is 14.6 Å². The van der Waals surface area contributed by atoms with Gasteiger partial charge in [0.1, 0.15) is 5.82 Å². The fourth-order valence-electron chi connectivity index (χ4n) is 1.47. The molecule has 86 valence electrons. The normalized spacial score (nSPS) is 12.9. The second kappa shape index (κ2) is 5.30. The maximum Gasteiger partial charge on any atom is 0.157 e. The van der Waals surface area contributed by atoms with E-state index in [0.29, 0.717) is 4.83 Å². The minimum absolute atomic E-state index is 0.582. The molecule has 2 rings (SSSR count). The van der Waals surface area contributed by atoms with Gasteiger partial charge < -0.3 is 5.32 Å². The van der Waals surface area contributed by atoms with Crippen molar-refractivity contribution in [3.05, 3.63) is 24.5 Å². The number of fused-ring (bicyclic) bond motifs is 1. The van der Waals surface area contributed by atoms with Gasteiger partial charge in [-0.3, -0.25) is 0 Å². The van der Waals surface area contributed by atoms with Crippen LogP contribution in [0.3, 0.4) is 0 Å². The van der Waals surface area contributed by atoms with E-state index < -0.39 is 0 Å². The second-order valence-corrected chi connectivity index (χ2v) is 4.96. The van der Waals surface area contributed by atoms with Crippen molar-refractivity contribution >= 4 is 27.4 Å². The van der Waals surface area contributed by atoms with Crippen molar-refractivity contribution in [2.75, 3.05) is 11.9 Å². The van der Waals surface area contributed by atoms with E-state index in [2.05, 4.69) is 38.3 Å². The number of aromatic nitrogens is 3. The molecule has 4 nitrogen and oxygen atoms in total. The zero-order chi connectivity index (χ0) is 11.4. The predicted molar refractivity (Wildman–Crippen MR) is 69.1 cm³/mol. The lowest BCUT2D eigenvalue weighted by atomic mass is 10.2. The molecule has 0 saturated carbocycles. The Bertz CT molecular complexity index is 454. The summed E-state index contributed by atoms with van der Waals surface area (Å²) in [5, 5.41) is 7.41. The Labute approximate surface area is 103 Å². The van der Waals surface area contributed by atoms with E-state index in [4.69, 9.17) is 0 Å². The molecule has 0 amide bonds.